The zero-order chi connectivity index (χ0) is 20.6. The van der Waals surface area contributed by atoms with E-state index < -0.39 is 0 Å². The van der Waals surface area contributed by atoms with Gasteiger partial charge in [-0.2, -0.15) is 0 Å². The van der Waals surface area contributed by atoms with E-state index in [0.717, 1.165) is 11.3 Å². The molecule has 6 heteroatoms. The molecule has 2 amide bonds. The second kappa shape index (κ2) is 9.59. The van der Waals surface area contributed by atoms with E-state index in [1.807, 2.05) is 49.4 Å². The van der Waals surface area contributed by atoms with E-state index in [9.17, 15) is 9.59 Å². The predicted octanol–water partition coefficient (Wildman–Crippen LogP) is 4.04. The molecule has 0 atom stereocenters. The third-order valence-electron chi connectivity index (χ3n) is 4.41. The highest BCUT2D eigenvalue weighted by molar-refractivity contribution is 5.94. The molecule has 29 heavy (non-hydrogen) atoms. The highest BCUT2D eigenvalue weighted by atomic mass is 16.3. The van der Waals surface area contributed by atoms with Crippen molar-refractivity contribution in [1.29, 1.82) is 0 Å². The van der Waals surface area contributed by atoms with Crippen molar-refractivity contribution in [3.63, 3.8) is 0 Å². The number of hydrogen-bond donors (Lipinski definition) is 0. The molecule has 3 rings (SSSR count). The van der Waals surface area contributed by atoms with Crippen molar-refractivity contribution in [2.75, 3.05) is 13.1 Å². The van der Waals surface area contributed by atoms with Gasteiger partial charge >= 0.3 is 0 Å². The van der Waals surface area contributed by atoms with Crippen molar-refractivity contribution in [2.24, 2.45) is 0 Å². The average Bonchev–Trinajstić information content (AvgIpc) is 3.39. The molecule has 1 aromatic carbocycles. The van der Waals surface area contributed by atoms with Gasteiger partial charge in [0.2, 0.25) is 5.91 Å². The first-order valence-electron chi connectivity index (χ1n) is 9.37. The van der Waals surface area contributed by atoms with Crippen LogP contribution in [0.15, 0.2) is 82.3 Å². The summed E-state index contributed by atoms with van der Waals surface area (Å²) in [5.74, 6) is 1.13. The molecule has 0 unspecified atom stereocenters. The largest absolute Gasteiger partial charge is 0.464 e. The highest BCUT2D eigenvalue weighted by Gasteiger charge is 2.24. The normalized spacial score (nSPS) is 10.5. The average molecular weight is 392 g/mol. The van der Waals surface area contributed by atoms with Gasteiger partial charge in [-0.05, 0) is 36.8 Å². The van der Waals surface area contributed by atoms with Crippen LogP contribution in [0.5, 0.6) is 0 Å². The molecule has 0 aliphatic rings. The molecule has 0 spiro atoms. The van der Waals surface area contributed by atoms with Gasteiger partial charge in [-0.15, -0.1) is 6.58 Å². The van der Waals surface area contributed by atoms with Crippen LogP contribution in [0.2, 0.25) is 0 Å². The van der Waals surface area contributed by atoms with Gasteiger partial charge in [-0.1, -0.05) is 36.4 Å². The minimum absolute atomic E-state index is 0.0852. The molecule has 0 aliphatic heterocycles. The lowest BCUT2D eigenvalue weighted by Crippen LogP contribution is -2.42. The lowest BCUT2D eigenvalue weighted by atomic mass is 10.2. The molecule has 150 valence electrons. The van der Waals surface area contributed by atoms with Crippen LogP contribution >= 0.6 is 0 Å². The van der Waals surface area contributed by atoms with Crippen molar-refractivity contribution >= 4 is 11.8 Å². The zero-order valence-electron chi connectivity index (χ0n) is 16.4. The zero-order valence-corrected chi connectivity index (χ0v) is 16.4. The fourth-order valence-electron chi connectivity index (χ4n) is 2.99. The topological polar surface area (TPSA) is 66.9 Å². The van der Waals surface area contributed by atoms with Gasteiger partial charge in [-0.25, -0.2) is 0 Å². The SMILES string of the molecule is C=CCN(CC(=O)N(Cc1ccccc1)Cc1ccc(C)o1)C(=O)c1ccco1. The first kappa shape index (κ1) is 20.2. The Morgan fingerprint density at radius 3 is 2.41 bits per heavy atom. The molecule has 0 saturated carbocycles. The maximum atomic E-state index is 13.1. The standard InChI is InChI=1S/C23H24N2O4/c1-3-13-24(23(27)21-10-7-14-28-21)17-22(26)25(15-19-8-5-4-6-9-19)16-20-12-11-18(2)29-20/h3-12,14H,1,13,15-17H2,2H3. The molecule has 0 bridgehead atoms. The monoisotopic (exact) mass is 392 g/mol. The molecule has 0 saturated heterocycles. The number of carbonyl (C=O) groups is 2. The molecule has 6 nitrogen and oxygen atoms in total. The quantitative estimate of drug-likeness (QED) is 0.516. The summed E-state index contributed by atoms with van der Waals surface area (Å²) in [6, 6.07) is 16.7. The van der Waals surface area contributed by atoms with E-state index in [-0.39, 0.29) is 30.7 Å². The van der Waals surface area contributed by atoms with E-state index >= 15 is 0 Å². The number of rotatable bonds is 9. The maximum Gasteiger partial charge on any atom is 0.290 e. The van der Waals surface area contributed by atoms with E-state index in [0.29, 0.717) is 18.8 Å². The van der Waals surface area contributed by atoms with Crippen molar-refractivity contribution in [3.05, 3.63) is 96.4 Å². The Labute approximate surface area is 170 Å². The van der Waals surface area contributed by atoms with Crippen LogP contribution in [0, 0.1) is 6.92 Å². The van der Waals surface area contributed by atoms with Crippen molar-refractivity contribution in [2.45, 2.75) is 20.0 Å². The lowest BCUT2D eigenvalue weighted by Gasteiger charge is -2.26. The third-order valence-corrected chi connectivity index (χ3v) is 4.41. The molecule has 2 heterocycles. The third kappa shape index (κ3) is 5.48. The molecule has 2 aromatic heterocycles. The van der Waals surface area contributed by atoms with Crippen LogP contribution in [0.4, 0.5) is 0 Å². The van der Waals surface area contributed by atoms with Gasteiger partial charge in [0.15, 0.2) is 5.76 Å². The van der Waals surface area contributed by atoms with Crippen LogP contribution in [0.25, 0.3) is 0 Å². The smallest absolute Gasteiger partial charge is 0.290 e. The maximum absolute atomic E-state index is 13.1. The van der Waals surface area contributed by atoms with Crippen LogP contribution in [-0.2, 0) is 17.9 Å². The Bertz CT molecular complexity index is 944. The Hall–Kier alpha value is -3.54. The second-order valence-electron chi connectivity index (χ2n) is 6.70. The summed E-state index contributed by atoms with van der Waals surface area (Å²) in [6.07, 6.45) is 3.02. The first-order chi connectivity index (χ1) is 14.1. The van der Waals surface area contributed by atoms with Gasteiger partial charge < -0.3 is 18.6 Å². The minimum atomic E-state index is -0.350. The molecule has 0 fully saturated rings. The van der Waals surface area contributed by atoms with E-state index in [1.54, 1.807) is 23.1 Å². The molecular weight excluding hydrogens is 368 g/mol. The second-order valence-corrected chi connectivity index (χ2v) is 6.70. The van der Waals surface area contributed by atoms with E-state index in [4.69, 9.17) is 8.83 Å². The summed E-state index contributed by atoms with van der Waals surface area (Å²) in [5, 5.41) is 0. The van der Waals surface area contributed by atoms with Gasteiger partial charge in [0, 0.05) is 13.1 Å². The van der Waals surface area contributed by atoms with Crippen molar-refractivity contribution < 1.29 is 18.4 Å². The van der Waals surface area contributed by atoms with Gasteiger partial charge in [0.05, 0.1) is 12.8 Å². The summed E-state index contributed by atoms with van der Waals surface area (Å²) in [6.45, 7) is 6.44. The summed E-state index contributed by atoms with van der Waals surface area (Å²) in [7, 11) is 0. The number of aryl methyl sites for hydroxylation is 1. The first-order valence-corrected chi connectivity index (χ1v) is 9.37. The number of furan rings is 2. The Balaban J connectivity index is 1.77. The highest BCUT2D eigenvalue weighted by Crippen LogP contribution is 2.14. The number of amides is 2. The van der Waals surface area contributed by atoms with Crippen molar-refractivity contribution in [3.8, 4) is 0 Å². The molecular formula is C23H24N2O4. The van der Waals surface area contributed by atoms with Crippen LogP contribution in [0.3, 0.4) is 0 Å². The summed E-state index contributed by atoms with van der Waals surface area (Å²) in [4.78, 5) is 28.9. The number of benzene rings is 1. The van der Waals surface area contributed by atoms with Gasteiger partial charge in [0.25, 0.3) is 5.91 Å². The predicted molar refractivity (Wildman–Crippen MR) is 109 cm³/mol. The summed E-state index contributed by atoms with van der Waals surface area (Å²) >= 11 is 0. The number of hydrogen-bond acceptors (Lipinski definition) is 4. The Morgan fingerprint density at radius 1 is 1.00 bits per heavy atom. The minimum Gasteiger partial charge on any atom is -0.464 e. The van der Waals surface area contributed by atoms with Crippen LogP contribution in [0.1, 0.15) is 27.6 Å². The van der Waals surface area contributed by atoms with Gasteiger partial charge in [-0.3, -0.25) is 9.59 Å². The van der Waals surface area contributed by atoms with Crippen LogP contribution in [-0.4, -0.2) is 34.7 Å². The molecule has 3 aromatic rings. The Morgan fingerprint density at radius 2 is 1.79 bits per heavy atom. The van der Waals surface area contributed by atoms with Gasteiger partial charge in [0.1, 0.15) is 18.1 Å². The summed E-state index contributed by atoms with van der Waals surface area (Å²) in [5.41, 5.74) is 0.997. The molecule has 0 N–H and O–H groups in total. The fourth-order valence-corrected chi connectivity index (χ4v) is 2.99. The van der Waals surface area contributed by atoms with E-state index in [1.165, 1.54) is 11.2 Å². The van der Waals surface area contributed by atoms with Crippen LogP contribution < -0.4 is 0 Å². The number of nitrogens with zero attached hydrogens (tertiary/aromatic N) is 2. The van der Waals surface area contributed by atoms with E-state index in [2.05, 4.69) is 6.58 Å². The van der Waals surface area contributed by atoms with Crippen molar-refractivity contribution in [1.82, 2.24) is 9.80 Å². The number of carbonyl (C=O) groups excluding carboxylic acids is 2. The fraction of sp³-hybridized carbons (Fsp3) is 0.217. The lowest BCUT2D eigenvalue weighted by molar-refractivity contribution is -0.133. The summed E-state index contributed by atoms with van der Waals surface area (Å²) < 4.78 is 10.8. The molecule has 0 aliphatic carbocycles. The Kier molecular flexibility index (Phi) is 6.68. The molecule has 0 radical (unpaired) electrons.